The first-order chi connectivity index (χ1) is 7.02. The van der Waals surface area contributed by atoms with Crippen LogP contribution in [0, 0.1) is 0 Å². The van der Waals surface area contributed by atoms with E-state index in [9.17, 15) is 19.8 Å². The number of rotatable bonds is 0. The van der Waals surface area contributed by atoms with Crippen LogP contribution < -0.4 is 0 Å². The van der Waals surface area contributed by atoms with Gasteiger partial charge < -0.3 is 10.2 Å². The Bertz CT molecular complexity index is 517. The van der Waals surface area contributed by atoms with Gasteiger partial charge in [0.05, 0.1) is 16.1 Å². The fraction of sp³-hybridized carbons (Fsp3) is 0. The second kappa shape index (κ2) is 3.10. The van der Waals surface area contributed by atoms with Gasteiger partial charge in [0.15, 0.2) is 11.6 Å². The Hall–Kier alpha value is -1.81. The summed E-state index contributed by atoms with van der Waals surface area (Å²) < 4.78 is 0. The van der Waals surface area contributed by atoms with Crippen LogP contribution in [0.4, 0.5) is 0 Å². The number of phenols is 2. The summed E-state index contributed by atoms with van der Waals surface area (Å²) in [7, 11) is 0. The highest BCUT2D eigenvalue weighted by Crippen LogP contribution is 2.38. The summed E-state index contributed by atoms with van der Waals surface area (Å²) in [6.45, 7) is 0. The number of halogens is 1. The number of ketones is 2. The molecule has 1 aromatic carbocycles. The van der Waals surface area contributed by atoms with Gasteiger partial charge in [-0.15, -0.1) is 0 Å². The Morgan fingerprint density at radius 3 is 2.13 bits per heavy atom. The Morgan fingerprint density at radius 1 is 1.00 bits per heavy atom. The van der Waals surface area contributed by atoms with Crippen molar-refractivity contribution in [3.05, 3.63) is 34.4 Å². The number of benzene rings is 1. The van der Waals surface area contributed by atoms with Gasteiger partial charge in [0.2, 0.25) is 0 Å². The summed E-state index contributed by atoms with van der Waals surface area (Å²) in [5, 5.41) is 18.8. The van der Waals surface area contributed by atoms with E-state index in [0.717, 1.165) is 18.2 Å². The number of allylic oxidation sites excluding steroid dienone is 2. The minimum atomic E-state index is -0.556. The lowest BCUT2D eigenvalue weighted by atomic mass is 9.93. The second-order valence-corrected chi connectivity index (χ2v) is 3.45. The van der Waals surface area contributed by atoms with Crippen molar-refractivity contribution in [2.45, 2.75) is 0 Å². The van der Waals surface area contributed by atoms with Gasteiger partial charge in [-0.1, -0.05) is 11.6 Å². The Kier molecular flexibility index (Phi) is 2.01. The zero-order valence-corrected chi connectivity index (χ0v) is 8.08. The van der Waals surface area contributed by atoms with Gasteiger partial charge in [-0.3, -0.25) is 9.59 Å². The number of carbonyl (C=O) groups is 2. The quantitative estimate of drug-likeness (QED) is 0.658. The number of fused-ring (bicyclic) bond motifs is 1. The third kappa shape index (κ3) is 1.30. The van der Waals surface area contributed by atoms with Crippen molar-refractivity contribution in [3.63, 3.8) is 0 Å². The summed E-state index contributed by atoms with van der Waals surface area (Å²) in [4.78, 5) is 22.7. The van der Waals surface area contributed by atoms with Crippen LogP contribution in [0.1, 0.15) is 20.7 Å². The largest absolute Gasteiger partial charge is 0.507 e. The minimum absolute atomic E-state index is 0.164. The summed E-state index contributed by atoms with van der Waals surface area (Å²) in [5.74, 6) is -1.98. The first-order valence-electron chi connectivity index (χ1n) is 4.03. The van der Waals surface area contributed by atoms with Crippen molar-refractivity contribution in [2.24, 2.45) is 0 Å². The molecule has 0 aromatic heterocycles. The molecule has 4 nitrogen and oxygen atoms in total. The van der Waals surface area contributed by atoms with E-state index < -0.39 is 23.1 Å². The third-order valence-electron chi connectivity index (χ3n) is 2.11. The van der Waals surface area contributed by atoms with Crippen molar-refractivity contribution < 1.29 is 19.8 Å². The maximum atomic E-state index is 11.4. The lowest BCUT2D eigenvalue weighted by Crippen LogP contribution is -2.12. The number of aromatic hydroxyl groups is 2. The van der Waals surface area contributed by atoms with Crippen molar-refractivity contribution in [1.82, 2.24) is 0 Å². The lowest BCUT2D eigenvalue weighted by Gasteiger charge is -2.13. The molecule has 0 unspecified atom stereocenters. The molecule has 0 saturated heterocycles. The maximum Gasteiger partial charge on any atom is 0.190 e. The maximum absolute atomic E-state index is 11.4. The van der Waals surface area contributed by atoms with Gasteiger partial charge in [0.25, 0.3) is 0 Å². The molecule has 5 heteroatoms. The van der Waals surface area contributed by atoms with E-state index in [4.69, 9.17) is 11.6 Å². The molecular formula is C10H5ClO4. The molecule has 1 aliphatic rings. The summed E-state index contributed by atoms with van der Waals surface area (Å²) in [6, 6.07) is 1.03. The highest BCUT2D eigenvalue weighted by Gasteiger charge is 2.27. The van der Waals surface area contributed by atoms with Gasteiger partial charge in [-0.2, -0.15) is 0 Å². The molecule has 0 aliphatic heterocycles. The van der Waals surface area contributed by atoms with E-state index in [0.29, 0.717) is 0 Å². The fourth-order valence-corrected chi connectivity index (χ4v) is 1.63. The number of carbonyl (C=O) groups excluding carboxylic acids is 2. The molecule has 15 heavy (non-hydrogen) atoms. The molecule has 2 N–H and O–H groups in total. The second-order valence-electron chi connectivity index (χ2n) is 3.04. The van der Waals surface area contributed by atoms with Crippen LogP contribution in [0.15, 0.2) is 18.2 Å². The fourth-order valence-electron chi connectivity index (χ4n) is 1.43. The molecule has 76 valence electrons. The molecule has 0 spiro atoms. The van der Waals surface area contributed by atoms with Crippen LogP contribution in [-0.4, -0.2) is 21.8 Å². The van der Waals surface area contributed by atoms with Crippen molar-refractivity contribution in [1.29, 1.82) is 0 Å². The van der Waals surface area contributed by atoms with E-state index in [-0.39, 0.29) is 16.1 Å². The van der Waals surface area contributed by atoms with E-state index >= 15 is 0 Å². The topological polar surface area (TPSA) is 74.6 Å². The number of hydrogen-bond acceptors (Lipinski definition) is 4. The first-order valence-corrected chi connectivity index (χ1v) is 4.41. The van der Waals surface area contributed by atoms with Crippen LogP contribution in [-0.2, 0) is 0 Å². The molecule has 0 radical (unpaired) electrons. The normalized spacial score (nSPS) is 14.2. The number of phenolic OH excluding ortho intramolecular Hbond substituents is 2. The van der Waals surface area contributed by atoms with Crippen molar-refractivity contribution >= 4 is 23.2 Å². The van der Waals surface area contributed by atoms with E-state index in [1.54, 1.807) is 0 Å². The van der Waals surface area contributed by atoms with Gasteiger partial charge >= 0.3 is 0 Å². The van der Waals surface area contributed by atoms with Gasteiger partial charge in [-0.25, -0.2) is 0 Å². The predicted octanol–water partition coefficient (Wildman–Crippen LogP) is 1.69. The van der Waals surface area contributed by atoms with E-state index in [1.807, 2.05) is 0 Å². The summed E-state index contributed by atoms with van der Waals surface area (Å²) in [6.07, 6.45) is 2.07. The molecule has 0 heterocycles. The average molecular weight is 225 g/mol. The average Bonchev–Trinajstić information content (AvgIpc) is 2.18. The van der Waals surface area contributed by atoms with Crippen molar-refractivity contribution in [2.75, 3.05) is 0 Å². The predicted molar refractivity (Wildman–Crippen MR) is 52.6 cm³/mol. The molecule has 0 amide bonds. The van der Waals surface area contributed by atoms with E-state index in [2.05, 4.69) is 0 Å². The summed E-state index contributed by atoms with van der Waals surface area (Å²) >= 11 is 5.57. The molecule has 1 aromatic rings. The Labute approximate surface area is 89.4 Å². The molecular weight excluding hydrogens is 220 g/mol. The van der Waals surface area contributed by atoms with Gasteiger partial charge in [0, 0.05) is 6.07 Å². The monoisotopic (exact) mass is 224 g/mol. The molecule has 0 saturated carbocycles. The molecule has 1 aliphatic carbocycles. The molecule has 2 rings (SSSR count). The Balaban J connectivity index is 2.87. The third-order valence-corrected chi connectivity index (χ3v) is 2.40. The first kappa shape index (κ1) is 9.73. The van der Waals surface area contributed by atoms with Gasteiger partial charge in [0.1, 0.15) is 11.5 Å². The van der Waals surface area contributed by atoms with Gasteiger partial charge in [-0.05, 0) is 12.2 Å². The number of hydrogen-bond donors (Lipinski definition) is 2. The van der Waals surface area contributed by atoms with Crippen LogP contribution in [0.5, 0.6) is 11.5 Å². The highest BCUT2D eigenvalue weighted by molar-refractivity contribution is 6.34. The molecule has 0 atom stereocenters. The van der Waals surface area contributed by atoms with Crippen LogP contribution in [0.25, 0.3) is 0 Å². The zero-order chi connectivity index (χ0) is 11.2. The zero-order valence-electron chi connectivity index (χ0n) is 7.32. The minimum Gasteiger partial charge on any atom is -0.507 e. The highest BCUT2D eigenvalue weighted by atomic mass is 35.5. The SMILES string of the molecule is O=C1C=CC(=O)c2c(O)c(Cl)cc(O)c21. The molecule has 0 fully saturated rings. The smallest absolute Gasteiger partial charge is 0.190 e. The van der Waals surface area contributed by atoms with Crippen LogP contribution in [0.2, 0.25) is 5.02 Å². The standard InChI is InChI=1S/C10H5ClO4/c11-4-3-7(14)8-5(12)1-2-6(13)9(8)10(4)15/h1-3,14-15H. The lowest BCUT2D eigenvalue weighted by molar-refractivity contribution is 0.0989. The molecule has 0 bridgehead atoms. The van der Waals surface area contributed by atoms with Crippen LogP contribution in [0.3, 0.4) is 0 Å². The summed E-state index contributed by atoms with van der Waals surface area (Å²) in [5.41, 5.74) is -0.447. The van der Waals surface area contributed by atoms with Crippen molar-refractivity contribution in [3.8, 4) is 11.5 Å². The Morgan fingerprint density at radius 2 is 1.53 bits per heavy atom. The van der Waals surface area contributed by atoms with Crippen LogP contribution >= 0.6 is 11.6 Å². The van der Waals surface area contributed by atoms with E-state index in [1.165, 1.54) is 0 Å².